The lowest BCUT2D eigenvalue weighted by atomic mass is 10.2. The number of benzene rings is 4. The van der Waals surface area contributed by atoms with Crippen LogP contribution in [0.3, 0.4) is 0 Å². The van der Waals surface area contributed by atoms with Gasteiger partial charge >= 0.3 is 59.7 Å². The van der Waals surface area contributed by atoms with Crippen molar-refractivity contribution in [2.24, 2.45) is 0 Å². The van der Waals surface area contributed by atoms with Crippen molar-refractivity contribution in [2.45, 2.75) is 309 Å². The lowest BCUT2D eigenvalue weighted by Crippen LogP contribution is -2.53. The van der Waals surface area contributed by atoms with Crippen molar-refractivity contribution in [1.29, 1.82) is 0 Å². The number of likely N-dealkylation sites (N-methyl/N-ethyl adjacent to an activating group) is 8. The zero-order valence-corrected chi connectivity index (χ0v) is 98.6. The standard InChI is InChI=1S/C18H30NO2.C17H28NO2.C16H26NO2.C14H30NO2.C13H20NO2.C13H28NO2.C11H24NO2.C8H18NO2.2C3H6O2/c1-4-7-14-19(6-3,13-5-2)15-16-21-18(20)17-11-9-8-10-12-17;1-4-12-18(6-3,13-5-2)14-15-20-17(19)16-10-8-7-9-11-16;1-5-17(6-2,7-3)13-14(4)19-16(18)15-11-9-8-10-12-15;1-6-9-11-15(8-3,10-7-2)12-13(4)17-14(5)16;1-11(10-14(2,3)4)16-13(15)12-8-6-5-7-9-12;1-6-9-14(8-3,10-7-2)11-12(4)16-13(5)15;1-6-12(7-2,8-3)9-10(4)14-11(5)13;1-7(11-8(2)10)6-9(3,4)5;2*1-3(4)5-2/h8-12H,4-7,13-16H2,1-3H3;7-11H,4-6,12-15H2,1-3H3;8-12,14H,5-7,13H2,1-4H3;13H,6-12H2,1-5H3;5-9,11H,10H2,1-4H3;12H,6-11H2,1-5H3;10H,6-9H2,1-5H3;7H,6H2,1-5H3;2*1-2H3/q8*+1;;. The van der Waals surface area contributed by atoms with Crippen molar-refractivity contribution in [3.8, 4) is 0 Å². The first-order chi connectivity index (χ1) is 67.6. The molecule has 0 aliphatic carbocycles. The topological polar surface area (TPSA) is 263 Å². The molecule has 0 spiro atoms. The first kappa shape index (κ1) is 146. The Balaban J connectivity index is -0.000000374. The van der Waals surface area contributed by atoms with E-state index in [4.69, 9.17) is 37.9 Å². The minimum Gasteiger partial charge on any atom is -0.469 e. The van der Waals surface area contributed by atoms with Crippen molar-refractivity contribution in [3.63, 3.8) is 0 Å². The molecule has 0 aromatic heterocycles. The fourth-order valence-corrected chi connectivity index (χ4v) is 17.8. The summed E-state index contributed by atoms with van der Waals surface area (Å²) in [6, 6.07) is 36.7. The Labute approximate surface area is 878 Å². The molecular formula is C116H216N8O20+8. The van der Waals surface area contributed by atoms with Gasteiger partial charge in [0.05, 0.1) is 197 Å². The number of carbonyl (C=O) groups is 10. The predicted molar refractivity (Wildman–Crippen MR) is 589 cm³/mol. The summed E-state index contributed by atoms with van der Waals surface area (Å²) in [5.41, 5.74) is 2.50. The van der Waals surface area contributed by atoms with E-state index in [0.29, 0.717) is 35.5 Å². The molecule has 0 bridgehead atoms. The third kappa shape index (κ3) is 75.9. The van der Waals surface area contributed by atoms with Gasteiger partial charge in [-0.2, -0.15) is 0 Å². The SMILES string of the molecule is CC(=O)OC(C)C[N+](C)(C)C.CC(C[N+](C)(C)C)OC(=O)c1ccccc1.CCCC[N+](CC)(CCC)CC(C)OC(C)=O.CCCC[N+](CC)(CCC)CCOC(=O)c1ccccc1.CCC[N+](CC)(CCC)CC(C)OC(C)=O.CCC[N+](CC)(CCC)CCOC(=O)c1ccccc1.CC[N+](CC)(CC)CC(C)OC(=O)c1ccccc1.CC[N+](CC)(CC)CC(C)OC(C)=O.COC(C)=O.COC(C)=O. The molecule has 4 aromatic carbocycles. The van der Waals surface area contributed by atoms with Gasteiger partial charge in [-0.15, -0.1) is 0 Å². The Morgan fingerprint density at radius 3 is 0.604 bits per heavy atom. The number of quaternary nitrogens is 8. The van der Waals surface area contributed by atoms with Crippen molar-refractivity contribution < 1.29 is 131 Å². The van der Waals surface area contributed by atoms with Gasteiger partial charge in [0.2, 0.25) is 0 Å². The minimum absolute atomic E-state index is 0.00694. The number of ether oxygens (including phenoxy) is 10. The van der Waals surface area contributed by atoms with Gasteiger partial charge in [0.15, 0.2) is 0 Å². The fourth-order valence-electron chi connectivity index (χ4n) is 17.8. The number of rotatable bonds is 56. The first-order valence-electron chi connectivity index (χ1n) is 54.1. The van der Waals surface area contributed by atoms with Crippen molar-refractivity contribution >= 4 is 59.7 Å². The molecule has 8 unspecified atom stereocenters. The van der Waals surface area contributed by atoms with Crippen LogP contribution >= 0.6 is 0 Å². The highest BCUT2D eigenvalue weighted by Gasteiger charge is 2.33. The Kier molecular flexibility index (Phi) is 86.4. The summed E-state index contributed by atoms with van der Waals surface area (Å²) in [5.74, 6) is -2.12. The largest absolute Gasteiger partial charge is 0.469 e. The minimum atomic E-state index is -0.249. The monoisotopic (exact) mass is 2040 g/mol. The normalized spacial score (nSPS) is 13.1. The van der Waals surface area contributed by atoms with Crippen molar-refractivity contribution in [1.82, 2.24) is 0 Å². The van der Waals surface area contributed by atoms with Crippen LogP contribution in [-0.2, 0) is 76.1 Å². The highest BCUT2D eigenvalue weighted by atomic mass is 16.6. The van der Waals surface area contributed by atoms with Gasteiger partial charge in [-0.05, 0) is 211 Å². The Bertz CT molecular complexity index is 3860. The maximum atomic E-state index is 12.0. The number of nitrogens with zero attached hydrogens (tertiary/aromatic N) is 8. The molecule has 0 saturated heterocycles. The maximum absolute atomic E-state index is 12.0. The summed E-state index contributed by atoms with van der Waals surface area (Å²) in [4.78, 5) is 110. The van der Waals surface area contributed by atoms with E-state index in [9.17, 15) is 47.9 Å². The lowest BCUT2D eigenvalue weighted by molar-refractivity contribution is -0.929. The molecule has 0 amide bonds. The number of methoxy groups -OCH3 is 2. The van der Waals surface area contributed by atoms with E-state index < -0.39 is 0 Å². The summed E-state index contributed by atoms with van der Waals surface area (Å²) >= 11 is 0. The molecule has 0 heterocycles. The molecule has 4 rings (SSSR count). The Morgan fingerprint density at radius 2 is 0.403 bits per heavy atom. The average molecular weight is 2040 g/mol. The zero-order chi connectivity index (χ0) is 112. The van der Waals surface area contributed by atoms with E-state index in [-0.39, 0.29) is 96.3 Å². The lowest BCUT2D eigenvalue weighted by Gasteiger charge is -2.39. The molecule has 8 atom stereocenters. The molecule has 28 nitrogen and oxygen atoms in total. The summed E-state index contributed by atoms with van der Waals surface area (Å²) < 4.78 is 58.5. The van der Waals surface area contributed by atoms with E-state index in [2.05, 4.69) is 176 Å². The quantitative estimate of drug-likeness (QED) is 0.0226. The second-order valence-corrected chi connectivity index (χ2v) is 40.1. The zero-order valence-electron chi connectivity index (χ0n) is 98.6. The summed E-state index contributed by atoms with van der Waals surface area (Å²) in [6.07, 6.45) is 11.9. The van der Waals surface area contributed by atoms with Crippen LogP contribution in [0.5, 0.6) is 0 Å². The second-order valence-electron chi connectivity index (χ2n) is 40.1. The van der Waals surface area contributed by atoms with Crippen LogP contribution in [0.15, 0.2) is 121 Å². The smallest absolute Gasteiger partial charge is 0.338 e. The first-order valence-corrected chi connectivity index (χ1v) is 54.1. The van der Waals surface area contributed by atoms with Gasteiger partial charge < -0.3 is 83.2 Å². The van der Waals surface area contributed by atoms with Gasteiger partial charge in [-0.3, -0.25) is 28.8 Å². The van der Waals surface area contributed by atoms with Crippen molar-refractivity contribution in [3.05, 3.63) is 144 Å². The third-order valence-electron chi connectivity index (χ3n) is 25.4. The summed E-state index contributed by atoms with van der Waals surface area (Å²) in [7, 11) is 15.1. The number of hydrogen-bond donors (Lipinski definition) is 0. The van der Waals surface area contributed by atoms with Crippen molar-refractivity contribution in [2.75, 3.05) is 240 Å². The average Bonchev–Trinajstić information content (AvgIpc) is 0.872. The van der Waals surface area contributed by atoms with E-state index in [0.717, 1.165) is 167 Å². The van der Waals surface area contributed by atoms with Gasteiger partial charge in [0.25, 0.3) is 0 Å². The van der Waals surface area contributed by atoms with Gasteiger partial charge in [-0.1, -0.05) is 141 Å². The molecule has 28 heteroatoms. The molecule has 0 aliphatic rings. The fraction of sp³-hybridized carbons (Fsp3) is 0.707. The highest BCUT2D eigenvalue weighted by molar-refractivity contribution is 5.91. The highest BCUT2D eigenvalue weighted by Crippen LogP contribution is 2.20. The van der Waals surface area contributed by atoms with Gasteiger partial charge in [0, 0.05) is 41.5 Å². The Morgan fingerprint density at radius 1 is 0.222 bits per heavy atom. The molecule has 0 fully saturated rings. The van der Waals surface area contributed by atoms with Crippen LogP contribution in [0.25, 0.3) is 0 Å². The molecule has 144 heavy (non-hydrogen) atoms. The third-order valence-corrected chi connectivity index (χ3v) is 25.4. The molecular weight excluding hydrogens is 1830 g/mol. The van der Waals surface area contributed by atoms with Gasteiger partial charge in [0.1, 0.15) is 102 Å². The number of unbranched alkanes of at least 4 members (excludes halogenated alkanes) is 2. The number of hydrogen-bond acceptors (Lipinski definition) is 20. The van der Waals surface area contributed by atoms with E-state index >= 15 is 0 Å². The maximum Gasteiger partial charge on any atom is 0.338 e. The summed E-state index contributed by atoms with van der Waals surface area (Å²) in [5, 5.41) is 0. The predicted octanol–water partition coefficient (Wildman–Crippen LogP) is 20.8. The van der Waals surface area contributed by atoms with E-state index in [1.165, 1.54) is 159 Å². The van der Waals surface area contributed by atoms with E-state index in [1.54, 1.807) is 48.5 Å². The Hall–Kier alpha value is -8.74. The summed E-state index contributed by atoms with van der Waals surface area (Å²) in [6.45, 7) is 88.8. The van der Waals surface area contributed by atoms with Crippen LogP contribution in [0.2, 0.25) is 0 Å². The molecule has 0 radical (unpaired) electrons. The molecule has 0 saturated carbocycles. The molecule has 0 aliphatic heterocycles. The number of carbonyl (C=O) groups excluding carboxylic acids is 10. The van der Waals surface area contributed by atoms with Crippen LogP contribution < -0.4 is 0 Å². The molecule has 0 N–H and O–H groups in total. The molecule has 4 aromatic rings. The van der Waals surface area contributed by atoms with Crippen LogP contribution in [0.1, 0.15) is 313 Å². The van der Waals surface area contributed by atoms with E-state index in [1.807, 2.05) is 114 Å². The van der Waals surface area contributed by atoms with Gasteiger partial charge in [-0.25, -0.2) is 19.2 Å². The second kappa shape index (κ2) is 85.2. The van der Waals surface area contributed by atoms with Crippen LogP contribution in [0, 0.1) is 0 Å². The van der Waals surface area contributed by atoms with Crippen LogP contribution in [-0.4, -0.2) is 372 Å². The number of esters is 10. The molecule has 832 valence electrons. The van der Waals surface area contributed by atoms with Crippen LogP contribution in [0.4, 0.5) is 0 Å².